The first kappa shape index (κ1) is 17.8. The van der Waals surface area contributed by atoms with E-state index in [1.54, 1.807) is 24.4 Å². The van der Waals surface area contributed by atoms with Crippen LogP contribution in [0, 0.1) is 5.92 Å². The molecule has 2 rings (SSSR count). The zero-order valence-corrected chi connectivity index (χ0v) is 14.0. The highest BCUT2D eigenvalue weighted by atomic mass is 16.5. The molecule has 0 radical (unpaired) electrons. The number of carbonyl (C=O) groups is 2. The lowest BCUT2D eigenvalue weighted by atomic mass is 9.90. The average Bonchev–Trinajstić information content (AvgIpc) is 2.62. The normalized spacial score (nSPS) is 15.1. The van der Waals surface area contributed by atoms with Crippen LogP contribution in [0.25, 0.3) is 0 Å². The molecule has 0 spiro atoms. The second-order valence-corrected chi connectivity index (χ2v) is 5.64. The predicted molar refractivity (Wildman–Crippen MR) is 91.4 cm³/mol. The molecule has 24 heavy (non-hydrogen) atoms. The number of hydrazone groups is 1. The molecule has 2 N–H and O–H groups in total. The first-order valence-corrected chi connectivity index (χ1v) is 8.00. The summed E-state index contributed by atoms with van der Waals surface area (Å²) in [4.78, 5) is 23.8. The van der Waals surface area contributed by atoms with Gasteiger partial charge in [0.2, 0.25) is 0 Å². The van der Waals surface area contributed by atoms with Crippen LogP contribution in [0.15, 0.2) is 23.3 Å². The van der Waals surface area contributed by atoms with Crippen molar-refractivity contribution < 1.29 is 19.1 Å². The topological polar surface area (TPSA) is 89.0 Å². The Hall–Kier alpha value is -2.57. The Morgan fingerprint density at radius 2 is 1.88 bits per heavy atom. The van der Waals surface area contributed by atoms with Crippen molar-refractivity contribution in [3.8, 4) is 11.5 Å². The zero-order chi connectivity index (χ0) is 17.4. The van der Waals surface area contributed by atoms with Gasteiger partial charge in [-0.2, -0.15) is 5.10 Å². The molecule has 0 aromatic heterocycles. The van der Waals surface area contributed by atoms with E-state index < -0.39 is 11.8 Å². The van der Waals surface area contributed by atoms with E-state index in [0.29, 0.717) is 23.1 Å². The summed E-state index contributed by atoms with van der Waals surface area (Å²) >= 11 is 0. The molecule has 0 heterocycles. The van der Waals surface area contributed by atoms with Gasteiger partial charge >= 0.3 is 11.8 Å². The fraction of sp³-hybridized carbons (Fsp3) is 0.471. The molecule has 7 heteroatoms. The minimum atomic E-state index is -0.827. The van der Waals surface area contributed by atoms with Crippen molar-refractivity contribution >= 4 is 23.7 Å². The van der Waals surface area contributed by atoms with Crippen molar-refractivity contribution in [2.24, 2.45) is 11.0 Å². The lowest BCUT2D eigenvalue weighted by Crippen LogP contribution is -2.32. The molecular weight excluding hydrogens is 310 g/mol. The fourth-order valence-electron chi connectivity index (χ4n) is 2.63. The van der Waals surface area contributed by atoms with Gasteiger partial charge in [-0.15, -0.1) is 0 Å². The third-order valence-electron chi connectivity index (χ3n) is 3.96. The Balaban J connectivity index is 1.91. The lowest BCUT2D eigenvalue weighted by molar-refractivity contribution is -0.136. The maximum atomic E-state index is 12.0. The number of benzene rings is 1. The van der Waals surface area contributed by atoms with Crippen LogP contribution in [0.3, 0.4) is 0 Å². The van der Waals surface area contributed by atoms with Gasteiger partial charge in [0.05, 0.1) is 19.9 Å². The van der Waals surface area contributed by atoms with E-state index in [4.69, 9.17) is 9.47 Å². The Bertz CT molecular complexity index is 610. The molecule has 0 atom stereocenters. The number of amides is 2. The standard InChI is InChI=1S/C17H23N3O4/c1-23-13-8-9-15(24-2)14(10-13)19-16(21)17(22)20-18-11-12-6-4-3-5-7-12/h8-12H,3-7H2,1-2H3,(H,19,21)(H,20,22)/b18-11+. The predicted octanol–water partition coefficient (Wildman–Crippen LogP) is 2.32. The SMILES string of the molecule is COc1ccc(OC)c(NC(=O)C(=O)N/N=C/C2CCCCC2)c1. The number of hydrogen-bond donors (Lipinski definition) is 2. The second kappa shape index (κ2) is 8.90. The first-order chi connectivity index (χ1) is 11.6. The lowest BCUT2D eigenvalue weighted by Gasteiger charge is -2.16. The zero-order valence-electron chi connectivity index (χ0n) is 14.0. The summed E-state index contributed by atoms with van der Waals surface area (Å²) in [5.41, 5.74) is 2.62. The monoisotopic (exact) mass is 333 g/mol. The molecular formula is C17H23N3O4. The number of ether oxygens (including phenoxy) is 2. The molecule has 0 aliphatic heterocycles. The van der Waals surface area contributed by atoms with Crippen molar-refractivity contribution in [3.63, 3.8) is 0 Å². The molecule has 0 bridgehead atoms. The minimum Gasteiger partial charge on any atom is -0.497 e. The Labute approximate surface area is 141 Å². The van der Waals surface area contributed by atoms with Crippen molar-refractivity contribution in [1.29, 1.82) is 0 Å². The third-order valence-corrected chi connectivity index (χ3v) is 3.96. The van der Waals surface area contributed by atoms with Gasteiger partial charge in [0.25, 0.3) is 0 Å². The number of nitrogens with one attached hydrogen (secondary N) is 2. The van der Waals surface area contributed by atoms with Crippen molar-refractivity contribution in [2.75, 3.05) is 19.5 Å². The number of carbonyl (C=O) groups excluding carboxylic acids is 2. The van der Waals surface area contributed by atoms with Crippen LogP contribution in [-0.4, -0.2) is 32.2 Å². The third kappa shape index (κ3) is 4.97. The van der Waals surface area contributed by atoms with Crippen molar-refractivity contribution in [3.05, 3.63) is 18.2 Å². The number of methoxy groups -OCH3 is 2. The molecule has 1 saturated carbocycles. The van der Waals surface area contributed by atoms with Gasteiger partial charge in [-0.05, 0) is 30.9 Å². The number of hydrogen-bond acceptors (Lipinski definition) is 5. The van der Waals surface area contributed by atoms with Gasteiger partial charge < -0.3 is 14.8 Å². The quantitative estimate of drug-likeness (QED) is 0.492. The summed E-state index contributed by atoms with van der Waals surface area (Å²) in [6.45, 7) is 0. The number of rotatable bonds is 5. The van der Waals surface area contributed by atoms with Crippen LogP contribution in [0.4, 0.5) is 5.69 Å². The first-order valence-electron chi connectivity index (χ1n) is 8.00. The minimum absolute atomic E-state index is 0.355. The number of nitrogens with zero attached hydrogens (tertiary/aromatic N) is 1. The highest BCUT2D eigenvalue weighted by Crippen LogP contribution is 2.28. The molecule has 1 aliphatic rings. The molecule has 1 aromatic carbocycles. The van der Waals surface area contributed by atoms with Gasteiger partial charge in [-0.1, -0.05) is 19.3 Å². The molecule has 0 saturated heterocycles. The molecule has 1 aromatic rings. The van der Waals surface area contributed by atoms with E-state index >= 15 is 0 Å². The number of anilines is 1. The molecule has 130 valence electrons. The molecule has 7 nitrogen and oxygen atoms in total. The van der Waals surface area contributed by atoms with Crippen molar-refractivity contribution in [1.82, 2.24) is 5.43 Å². The van der Waals surface area contributed by atoms with Crippen LogP contribution in [-0.2, 0) is 9.59 Å². The van der Waals surface area contributed by atoms with E-state index in [-0.39, 0.29) is 0 Å². The molecule has 0 unspecified atom stereocenters. The maximum absolute atomic E-state index is 12.0. The van der Waals surface area contributed by atoms with E-state index in [1.807, 2.05) is 0 Å². The second-order valence-electron chi connectivity index (χ2n) is 5.64. The molecule has 1 fully saturated rings. The fourth-order valence-corrected chi connectivity index (χ4v) is 2.63. The molecule has 2 amide bonds. The van der Waals surface area contributed by atoms with Gasteiger partial charge in [0, 0.05) is 12.3 Å². The van der Waals surface area contributed by atoms with Gasteiger partial charge in [-0.3, -0.25) is 9.59 Å². The largest absolute Gasteiger partial charge is 0.497 e. The summed E-state index contributed by atoms with van der Waals surface area (Å²) in [5.74, 6) is -0.292. The van der Waals surface area contributed by atoms with Gasteiger partial charge in [-0.25, -0.2) is 5.43 Å². The van der Waals surface area contributed by atoms with Crippen LogP contribution < -0.4 is 20.2 Å². The average molecular weight is 333 g/mol. The van der Waals surface area contributed by atoms with Crippen LogP contribution in [0.1, 0.15) is 32.1 Å². The summed E-state index contributed by atoms with van der Waals surface area (Å²) in [5, 5.41) is 6.39. The van der Waals surface area contributed by atoms with Gasteiger partial charge in [0.1, 0.15) is 11.5 Å². The van der Waals surface area contributed by atoms with Crippen LogP contribution in [0.5, 0.6) is 11.5 Å². The molecule has 1 aliphatic carbocycles. The van der Waals surface area contributed by atoms with E-state index in [1.165, 1.54) is 33.5 Å². The van der Waals surface area contributed by atoms with Crippen molar-refractivity contribution in [2.45, 2.75) is 32.1 Å². The highest BCUT2D eigenvalue weighted by molar-refractivity contribution is 6.39. The Kier molecular flexibility index (Phi) is 6.60. The summed E-state index contributed by atoms with van der Waals surface area (Å²) in [6.07, 6.45) is 7.48. The van der Waals surface area contributed by atoms with Crippen LogP contribution >= 0.6 is 0 Å². The summed E-state index contributed by atoms with van der Waals surface area (Å²) in [6, 6.07) is 4.92. The van der Waals surface area contributed by atoms with E-state index in [9.17, 15) is 9.59 Å². The van der Waals surface area contributed by atoms with Crippen LogP contribution in [0.2, 0.25) is 0 Å². The highest BCUT2D eigenvalue weighted by Gasteiger charge is 2.16. The summed E-state index contributed by atoms with van der Waals surface area (Å²) in [7, 11) is 2.99. The van der Waals surface area contributed by atoms with E-state index in [2.05, 4.69) is 15.8 Å². The Morgan fingerprint density at radius 1 is 1.12 bits per heavy atom. The maximum Gasteiger partial charge on any atom is 0.329 e. The Morgan fingerprint density at radius 3 is 2.54 bits per heavy atom. The summed E-state index contributed by atoms with van der Waals surface area (Å²) < 4.78 is 10.3. The smallest absolute Gasteiger partial charge is 0.329 e. The van der Waals surface area contributed by atoms with Gasteiger partial charge in [0.15, 0.2) is 0 Å². The van der Waals surface area contributed by atoms with E-state index in [0.717, 1.165) is 12.8 Å².